The average molecular weight is 1170 g/mol. The fourth-order valence-corrected chi connectivity index (χ4v) is 14.7. The minimum Gasteiger partial charge on any atom is -0.0622 e. The Labute approximate surface area is 535 Å². The molecule has 0 aliphatic heterocycles. The van der Waals surface area contributed by atoms with Crippen molar-refractivity contribution in [3.63, 3.8) is 0 Å². The zero-order valence-electron chi connectivity index (χ0n) is 50.6. The molecule has 18 rings (SSSR count). The molecule has 0 nitrogen and oxygen atoms in total. The molecular weight excluding hydrogens is 1110 g/mol. The van der Waals surface area contributed by atoms with Gasteiger partial charge in [0.05, 0.1) is 0 Å². The van der Waals surface area contributed by atoms with Crippen LogP contribution in [0.2, 0.25) is 0 Å². The molecule has 18 aromatic rings. The van der Waals surface area contributed by atoms with Crippen molar-refractivity contribution < 1.29 is 0 Å². The van der Waals surface area contributed by atoms with Crippen molar-refractivity contribution in [3.05, 3.63) is 364 Å². The second kappa shape index (κ2) is 23.2. The second-order valence-corrected chi connectivity index (χ2v) is 24.1. The summed E-state index contributed by atoms with van der Waals surface area (Å²) in [5.41, 5.74) is 20.0. The lowest BCUT2D eigenvalue weighted by Crippen LogP contribution is -1.92. The molecule has 0 unspecified atom stereocenters. The van der Waals surface area contributed by atoms with Gasteiger partial charge in [0.1, 0.15) is 0 Å². The summed E-state index contributed by atoms with van der Waals surface area (Å²) < 4.78 is 0. The summed E-state index contributed by atoms with van der Waals surface area (Å²) in [7, 11) is 0. The molecular formula is C92H60. The van der Waals surface area contributed by atoms with Crippen molar-refractivity contribution in [1.29, 1.82) is 0 Å². The topological polar surface area (TPSA) is 0 Å². The van der Waals surface area contributed by atoms with E-state index in [0.717, 1.165) is 0 Å². The van der Waals surface area contributed by atoms with Crippen LogP contribution in [0.1, 0.15) is 0 Å². The summed E-state index contributed by atoms with van der Waals surface area (Å²) in [6.07, 6.45) is 0. The molecule has 0 N–H and O–H groups in total. The minimum absolute atomic E-state index is 1.23. The van der Waals surface area contributed by atoms with E-state index in [9.17, 15) is 0 Å². The van der Waals surface area contributed by atoms with Crippen LogP contribution in [0.5, 0.6) is 0 Å². The van der Waals surface area contributed by atoms with Gasteiger partial charge in [0.15, 0.2) is 0 Å². The molecule has 0 atom stereocenters. The first-order valence-electron chi connectivity index (χ1n) is 31.9. The molecule has 428 valence electrons. The third-order valence-electron chi connectivity index (χ3n) is 18.9. The summed E-state index contributed by atoms with van der Waals surface area (Å²) in [5.74, 6) is 0. The number of hydrogen-bond donors (Lipinski definition) is 0. The van der Waals surface area contributed by atoms with Crippen molar-refractivity contribution in [3.8, 4) is 89.0 Å². The SMILES string of the molecule is c1ccc(-c2ccc3cccc(-c4c5ccccc5c(-c5ccc(-c6cccc7ccccc67)cc5)c5ccccc45)c3c2)cc1.c1ccc(-c2ccc3cccc(-c4c5ccccc5c(-c5cccc(-c6cccc7ccccc67)c5)c5ccccc45)c3c2)cc1. The van der Waals surface area contributed by atoms with Crippen LogP contribution in [0, 0.1) is 0 Å². The summed E-state index contributed by atoms with van der Waals surface area (Å²) in [5, 5.41) is 20.3. The molecule has 0 radical (unpaired) electrons. The van der Waals surface area contributed by atoms with Crippen molar-refractivity contribution in [2.24, 2.45) is 0 Å². The highest BCUT2D eigenvalue weighted by Crippen LogP contribution is 2.49. The lowest BCUT2D eigenvalue weighted by molar-refractivity contribution is 1.63. The zero-order valence-corrected chi connectivity index (χ0v) is 50.6. The van der Waals surface area contributed by atoms with E-state index in [1.54, 1.807) is 0 Å². The Hall–Kier alpha value is -12.0. The fraction of sp³-hybridized carbons (Fsp3) is 0. The maximum absolute atomic E-state index is 2.37. The lowest BCUT2D eigenvalue weighted by atomic mass is 9.84. The first kappa shape index (κ1) is 54.2. The molecule has 0 heteroatoms. The number of rotatable bonds is 8. The number of benzene rings is 18. The van der Waals surface area contributed by atoms with Gasteiger partial charge in [0, 0.05) is 0 Å². The van der Waals surface area contributed by atoms with Gasteiger partial charge in [0.2, 0.25) is 0 Å². The van der Waals surface area contributed by atoms with Crippen LogP contribution in [-0.4, -0.2) is 0 Å². The molecule has 0 aromatic heterocycles. The maximum atomic E-state index is 2.37. The highest BCUT2D eigenvalue weighted by atomic mass is 14.2. The smallest absolute Gasteiger partial charge is 0.00201 e. The van der Waals surface area contributed by atoms with Crippen LogP contribution in [0.4, 0.5) is 0 Å². The summed E-state index contributed by atoms with van der Waals surface area (Å²) in [4.78, 5) is 0. The van der Waals surface area contributed by atoms with Gasteiger partial charge in [-0.3, -0.25) is 0 Å². The fourth-order valence-electron chi connectivity index (χ4n) is 14.7. The summed E-state index contributed by atoms with van der Waals surface area (Å²) in [6, 6.07) is 133. The van der Waals surface area contributed by atoms with Crippen LogP contribution < -0.4 is 0 Å². The predicted molar refractivity (Wildman–Crippen MR) is 396 cm³/mol. The molecule has 0 amide bonds. The lowest BCUT2D eigenvalue weighted by Gasteiger charge is -2.19. The van der Waals surface area contributed by atoms with Crippen LogP contribution in [0.25, 0.3) is 175 Å². The van der Waals surface area contributed by atoms with Crippen molar-refractivity contribution in [2.75, 3.05) is 0 Å². The largest absolute Gasteiger partial charge is 0.0622 e. The highest BCUT2D eigenvalue weighted by molar-refractivity contribution is 6.25. The predicted octanol–water partition coefficient (Wildman–Crippen LogP) is 25.9. The minimum atomic E-state index is 1.23. The molecule has 92 heavy (non-hydrogen) atoms. The third kappa shape index (κ3) is 9.57. The molecule has 18 aromatic carbocycles. The van der Waals surface area contributed by atoms with Crippen molar-refractivity contribution in [2.45, 2.75) is 0 Å². The van der Waals surface area contributed by atoms with E-state index in [1.165, 1.54) is 175 Å². The van der Waals surface area contributed by atoms with E-state index in [-0.39, 0.29) is 0 Å². The van der Waals surface area contributed by atoms with E-state index < -0.39 is 0 Å². The monoisotopic (exact) mass is 1160 g/mol. The molecule has 0 aliphatic carbocycles. The van der Waals surface area contributed by atoms with Gasteiger partial charge >= 0.3 is 0 Å². The van der Waals surface area contributed by atoms with Gasteiger partial charge in [-0.05, 0) is 193 Å². The molecule has 0 saturated carbocycles. The first-order valence-corrected chi connectivity index (χ1v) is 31.9. The zero-order chi connectivity index (χ0) is 60.9. The number of hydrogen-bond acceptors (Lipinski definition) is 0. The van der Waals surface area contributed by atoms with E-state index in [2.05, 4.69) is 364 Å². The van der Waals surface area contributed by atoms with Gasteiger partial charge in [-0.2, -0.15) is 0 Å². The maximum Gasteiger partial charge on any atom is -0.00201 e. The van der Waals surface area contributed by atoms with Crippen LogP contribution >= 0.6 is 0 Å². The van der Waals surface area contributed by atoms with Crippen molar-refractivity contribution >= 4 is 86.2 Å². The van der Waals surface area contributed by atoms with Gasteiger partial charge in [-0.1, -0.05) is 346 Å². The molecule has 0 saturated heterocycles. The molecule has 0 bridgehead atoms. The first-order chi connectivity index (χ1) is 45.7. The Morgan fingerprint density at radius 2 is 0.380 bits per heavy atom. The average Bonchev–Trinajstić information content (AvgIpc) is 0.740. The normalized spacial score (nSPS) is 11.5. The van der Waals surface area contributed by atoms with E-state index in [4.69, 9.17) is 0 Å². The van der Waals surface area contributed by atoms with Gasteiger partial charge in [-0.25, -0.2) is 0 Å². The van der Waals surface area contributed by atoms with Gasteiger partial charge in [-0.15, -0.1) is 0 Å². The third-order valence-corrected chi connectivity index (χ3v) is 18.9. The summed E-state index contributed by atoms with van der Waals surface area (Å²) >= 11 is 0. The molecule has 0 aliphatic rings. The number of fused-ring (bicyclic) bond motifs is 8. The summed E-state index contributed by atoms with van der Waals surface area (Å²) in [6.45, 7) is 0. The Morgan fingerprint density at radius 3 is 0.804 bits per heavy atom. The quantitative estimate of drug-likeness (QED) is 0.133. The van der Waals surface area contributed by atoms with Crippen LogP contribution in [-0.2, 0) is 0 Å². The standard InChI is InChI=1S/2C46H30/c1-2-13-31(14-3-1)34-28-27-33-17-12-26-43(44(33)30-34)46-41-23-8-6-21-39(41)45(40-22-7-9-24-42(40)46)36-19-10-18-35(29-36)38-25-11-16-32-15-4-5-20-37(32)38;1-2-12-31(13-3-1)36-29-26-33-16-11-23-43(44(33)30-36)46-41-20-8-6-18-39(41)45(40-19-7-9-21-42(40)46)35-27-24-34(25-28-35)38-22-10-15-32-14-4-5-17-37(32)38/h2*1-30H. The Balaban J connectivity index is 0.000000141. The molecule has 0 spiro atoms. The second-order valence-electron chi connectivity index (χ2n) is 24.1. The van der Waals surface area contributed by atoms with Crippen LogP contribution in [0.15, 0.2) is 364 Å². The Bertz CT molecular complexity index is 5730. The van der Waals surface area contributed by atoms with Crippen molar-refractivity contribution in [1.82, 2.24) is 0 Å². The van der Waals surface area contributed by atoms with E-state index in [1.807, 2.05) is 0 Å². The molecule has 0 heterocycles. The Kier molecular flexibility index (Phi) is 13.7. The molecule has 0 fully saturated rings. The van der Waals surface area contributed by atoms with Crippen LogP contribution in [0.3, 0.4) is 0 Å². The van der Waals surface area contributed by atoms with Gasteiger partial charge < -0.3 is 0 Å². The Morgan fingerprint density at radius 1 is 0.109 bits per heavy atom. The van der Waals surface area contributed by atoms with Gasteiger partial charge in [0.25, 0.3) is 0 Å². The van der Waals surface area contributed by atoms with E-state index in [0.29, 0.717) is 0 Å². The highest BCUT2D eigenvalue weighted by Gasteiger charge is 2.21. The van der Waals surface area contributed by atoms with E-state index >= 15 is 0 Å².